The minimum atomic E-state index is -1.66. The van der Waals surface area contributed by atoms with E-state index in [1.54, 1.807) is 0 Å². The summed E-state index contributed by atoms with van der Waals surface area (Å²) in [6, 6.07) is -1.16. The molecule has 0 aliphatic carbocycles. The average Bonchev–Trinajstić information content (AvgIpc) is 3.51. The van der Waals surface area contributed by atoms with Crippen molar-refractivity contribution in [1.29, 1.82) is 0 Å². The summed E-state index contributed by atoms with van der Waals surface area (Å²) in [6.45, 7) is 3.53. The molecule has 81 heavy (non-hydrogen) atoms. The normalized spacial score (nSPS) is 19.0. The zero-order valence-electron chi connectivity index (χ0n) is 53.6. The second-order valence-corrected chi connectivity index (χ2v) is 25.7. The molecule has 11 heteroatoms. The molecule has 11 nitrogen and oxygen atoms in total. The Balaban J connectivity index is 2.17. The number of aliphatic hydroxyl groups excluding tert-OH is 7. The first-order valence-electron chi connectivity index (χ1n) is 35.9. The van der Waals surface area contributed by atoms with E-state index < -0.39 is 74.2 Å². The lowest BCUT2D eigenvalue weighted by molar-refractivity contribution is -0.303. The average molecular weight is 1150 g/mol. The molecule has 0 bridgehead atoms. The summed E-state index contributed by atoms with van der Waals surface area (Å²) < 4.78 is 11.2. The minimum absolute atomic E-state index is 0.268. The van der Waals surface area contributed by atoms with Crippen molar-refractivity contribution in [2.24, 2.45) is 0 Å². The lowest BCUT2D eigenvalue weighted by Crippen LogP contribution is -2.60. The third-order valence-electron chi connectivity index (χ3n) is 17.9. The molecule has 0 spiro atoms. The van der Waals surface area contributed by atoms with E-state index in [2.05, 4.69) is 19.2 Å². The van der Waals surface area contributed by atoms with Gasteiger partial charge in [-0.05, 0) is 12.8 Å². The molecule has 0 aromatic heterocycles. The maximum Gasteiger partial charge on any atom is 0.249 e. The van der Waals surface area contributed by atoms with Crippen LogP contribution in [0.4, 0.5) is 0 Å². The van der Waals surface area contributed by atoms with Crippen molar-refractivity contribution >= 4 is 5.91 Å². The van der Waals surface area contributed by atoms with Crippen LogP contribution >= 0.6 is 0 Å². The van der Waals surface area contributed by atoms with E-state index in [1.807, 2.05) is 0 Å². The van der Waals surface area contributed by atoms with Crippen molar-refractivity contribution in [2.75, 3.05) is 13.2 Å². The zero-order valence-corrected chi connectivity index (χ0v) is 53.6. The highest BCUT2D eigenvalue weighted by Gasteiger charge is 2.44. The lowest BCUT2D eigenvalue weighted by Gasteiger charge is -2.40. The molecule has 1 aliphatic rings. The number of nitrogens with one attached hydrogen (secondary N) is 1. The van der Waals surface area contributed by atoms with Crippen molar-refractivity contribution in [1.82, 2.24) is 5.32 Å². The van der Waals surface area contributed by atoms with Crippen LogP contribution in [0, 0.1) is 0 Å². The van der Waals surface area contributed by atoms with Gasteiger partial charge in [-0.25, -0.2) is 0 Å². The summed E-state index contributed by atoms with van der Waals surface area (Å²) in [5, 5.41) is 76.6. The van der Waals surface area contributed by atoms with Gasteiger partial charge in [0.05, 0.1) is 25.4 Å². The summed E-state index contributed by atoms with van der Waals surface area (Å²) >= 11 is 0. The first kappa shape index (κ1) is 78.1. The summed E-state index contributed by atoms with van der Waals surface area (Å²) in [4.78, 5) is 13.3. The van der Waals surface area contributed by atoms with Crippen LogP contribution in [0.3, 0.4) is 0 Å². The lowest BCUT2D eigenvalue weighted by atomic mass is 9.98. The SMILES string of the molecule is CCCCCCCCCCCCCCCCCCCCCCCCCCCCCCCC(O)C(=O)NC(COC1OC(CO)C(O)C(O)C1O)C(O)C(O)CCCCCCCCCCCCCCCCCCCCCCCCCCC. The van der Waals surface area contributed by atoms with E-state index in [0.29, 0.717) is 19.3 Å². The summed E-state index contributed by atoms with van der Waals surface area (Å²) in [5.41, 5.74) is 0. The van der Waals surface area contributed by atoms with Gasteiger partial charge in [0.2, 0.25) is 5.91 Å². The molecule has 0 radical (unpaired) electrons. The predicted molar refractivity (Wildman–Crippen MR) is 340 cm³/mol. The van der Waals surface area contributed by atoms with E-state index >= 15 is 0 Å². The quantitative estimate of drug-likeness (QED) is 0.0272. The van der Waals surface area contributed by atoms with Gasteiger partial charge >= 0.3 is 0 Å². The summed E-state index contributed by atoms with van der Waals surface area (Å²) in [7, 11) is 0. The third kappa shape index (κ3) is 46.9. The van der Waals surface area contributed by atoms with Gasteiger partial charge in [-0.2, -0.15) is 0 Å². The Bertz CT molecular complexity index is 1280. The minimum Gasteiger partial charge on any atom is -0.394 e. The van der Waals surface area contributed by atoms with Gasteiger partial charge in [0, 0.05) is 0 Å². The molecule has 1 saturated heterocycles. The second-order valence-electron chi connectivity index (χ2n) is 25.7. The molecule has 0 aromatic rings. The molecule has 9 atom stereocenters. The monoisotopic (exact) mass is 1150 g/mol. The number of hydrogen-bond acceptors (Lipinski definition) is 10. The maximum atomic E-state index is 13.3. The van der Waals surface area contributed by atoms with Gasteiger partial charge in [-0.15, -0.1) is 0 Å². The molecule has 0 saturated carbocycles. The van der Waals surface area contributed by atoms with Crippen molar-refractivity contribution in [2.45, 2.75) is 428 Å². The Labute approximate surface area is 500 Å². The largest absolute Gasteiger partial charge is 0.394 e. The molecule has 1 heterocycles. The maximum absolute atomic E-state index is 13.3. The molecule has 9 unspecified atom stereocenters. The molecular weight excluding hydrogens is 1010 g/mol. The highest BCUT2D eigenvalue weighted by molar-refractivity contribution is 5.80. The van der Waals surface area contributed by atoms with Crippen molar-refractivity contribution in [3.63, 3.8) is 0 Å². The number of hydrogen-bond donors (Lipinski definition) is 8. The third-order valence-corrected chi connectivity index (χ3v) is 17.9. The zero-order chi connectivity index (χ0) is 58.9. The van der Waals surface area contributed by atoms with E-state index in [0.717, 1.165) is 38.5 Å². The predicted octanol–water partition coefficient (Wildman–Crippen LogP) is 17.3. The topological polar surface area (TPSA) is 189 Å². The molecule has 0 aromatic carbocycles. The first-order valence-corrected chi connectivity index (χ1v) is 35.9. The molecule has 1 rings (SSSR count). The number of unbranched alkanes of at least 4 members (excludes halogenated alkanes) is 52. The Hall–Kier alpha value is -0.890. The van der Waals surface area contributed by atoms with Crippen molar-refractivity contribution < 1.29 is 50.0 Å². The van der Waals surface area contributed by atoms with Crippen molar-refractivity contribution in [3.05, 3.63) is 0 Å². The Morgan fingerprint density at radius 1 is 0.383 bits per heavy atom. The molecule has 1 amide bonds. The van der Waals surface area contributed by atoms with E-state index in [1.165, 1.54) is 295 Å². The number of ether oxygens (including phenoxy) is 2. The standard InChI is InChI=1S/C70H139NO10/c1-3-5-7-9-11-13-15-17-19-21-23-25-27-29-30-31-32-34-36-38-40-42-44-46-48-50-52-54-56-58-63(74)69(79)71-61(60-80-70-68(78)67(77)66(76)64(59-72)81-70)65(75)62(73)57-55-53-51-49-47-45-43-41-39-37-35-33-28-26-24-22-20-18-16-14-12-10-8-6-4-2/h61-68,70,72-78H,3-60H2,1-2H3,(H,71,79). The van der Waals surface area contributed by atoms with Crippen LogP contribution in [0.5, 0.6) is 0 Å². The van der Waals surface area contributed by atoms with Crippen LogP contribution in [0.1, 0.15) is 373 Å². The van der Waals surface area contributed by atoms with Crippen molar-refractivity contribution in [3.8, 4) is 0 Å². The van der Waals surface area contributed by atoms with Crippen LogP contribution in [0.25, 0.3) is 0 Å². The first-order chi connectivity index (χ1) is 39.7. The molecular formula is C70H139NO10. The van der Waals surface area contributed by atoms with E-state index in [-0.39, 0.29) is 6.42 Å². The van der Waals surface area contributed by atoms with Crippen LogP contribution in [-0.2, 0) is 14.3 Å². The van der Waals surface area contributed by atoms with E-state index in [9.17, 15) is 40.5 Å². The fourth-order valence-electron chi connectivity index (χ4n) is 12.2. The number of rotatable bonds is 64. The number of amides is 1. The molecule has 8 N–H and O–H groups in total. The summed E-state index contributed by atoms with van der Waals surface area (Å²) in [5.74, 6) is -0.686. The van der Waals surface area contributed by atoms with Crippen LogP contribution in [0.2, 0.25) is 0 Å². The van der Waals surface area contributed by atoms with Gasteiger partial charge in [-0.3, -0.25) is 4.79 Å². The van der Waals surface area contributed by atoms with Gasteiger partial charge in [0.15, 0.2) is 6.29 Å². The van der Waals surface area contributed by atoms with Gasteiger partial charge < -0.3 is 50.5 Å². The molecule has 484 valence electrons. The van der Waals surface area contributed by atoms with Crippen LogP contribution in [-0.4, -0.2) is 110 Å². The van der Waals surface area contributed by atoms with Gasteiger partial charge in [0.25, 0.3) is 0 Å². The summed E-state index contributed by atoms with van der Waals surface area (Å²) in [6.07, 6.45) is 60.4. The Kier molecular flexibility index (Phi) is 57.3. The second kappa shape index (κ2) is 59.4. The smallest absolute Gasteiger partial charge is 0.249 e. The fraction of sp³-hybridized carbons (Fsp3) is 0.986. The number of aliphatic hydroxyl groups is 7. The fourth-order valence-corrected chi connectivity index (χ4v) is 12.2. The van der Waals surface area contributed by atoms with Gasteiger partial charge in [-0.1, -0.05) is 361 Å². The number of carbonyl (C=O) groups excluding carboxylic acids is 1. The van der Waals surface area contributed by atoms with E-state index in [4.69, 9.17) is 9.47 Å². The number of carbonyl (C=O) groups is 1. The highest BCUT2D eigenvalue weighted by atomic mass is 16.7. The molecule has 1 aliphatic heterocycles. The Morgan fingerprint density at radius 3 is 0.914 bits per heavy atom. The van der Waals surface area contributed by atoms with Crippen LogP contribution in [0.15, 0.2) is 0 Å². The Morgan fingerprint density at radius 2 is 0.642 bits per heavy atom. The van der Waals surface area contributed by atoms with Gasteiger partial charge in [0.1, 0.15) is 36.6 Å². The van der Waals surface area contributed by atoms with Crippen LogP contribution < -0.4 is 5.32 Å². The highest BCUT2D eigenvalue weighted by Crippen LogP contribution is 2.24. The molecule has 1 fully saturated rings.